The number of rotatable bonds is 5. The van der Waals surface area contributed by atoms with Crippen molar-refractivity contribution in [2.75, 3.05) is 18.8 Å². The van der Waals surface area contributed by atoms with Crippen LogP contribution in [-0.4, -0.2) is 51.6 Å². The average molecular weight is 288 g/mol. The van der Waals surface area contributed by atoms with Crippen molar-refractivity contribution >= 4 is 23.8 Å². The summed E-state index contributed by atoms with van der Waals surface area (Å²) in [4.78, 5) is 25.4. The lowest BCUT2D eigenvalue weighted by atomic mass is 9.93. The Kier molecular flexibility index (Phi) is 5.97. The van der Waals surface area contributed by atoms with Gasteiger partial charge in [-0.05, 0) is 19.3 Å². The Bertz CT molecular complexity index is 332. The molecule has 0 aromatic rings. The van der Waals surface area contributed by atoms with E-state index < -0.39 is 11.5 Å². The molecule has 0 aromatic heterocycles. The first kappa shape index (κ1) is 16.1. The van der Waals surface area contributed by atoms with Crippen molar-refractivity contribution in [1.82, 2.24) is 10.2 Å². The molecule has 5 nitrogen and oxygen atoms in total. The smallest absolute Gasteiger partial charge is 0.329 e. The van der Waals surface area contributed by atoms with Crippen molar-refractivity contribution in [3.8, 4) is 0 Å². The lowest BCUT2D eigenvalue weighted by Crippen LogP contribution is -2.58. The minimum absolute atomic E-state index is 0.246. The van der Waals surface area contributed by atoms with Crippen LogP contribution in [-0.2, 0) is 4.79 Å². The summed E-state index contributed by atoms with van der Waals surface area (Å²) >= 11 is 1.88. The molecule has 1 saturated heterocycles. The molecule has 2 N–H and O–H groups in total. The highest BCUT2D eigenvalue weighted by atomic mass is 32.2. The zero-order chi connectivity index (χ0) is 14.5. The van der Waals surface area contributed by atoms with E-state index in [1.807, 2.05) is 11.8 Å². The van der Waals surface area contributed by atoms with Gasteiger partial charge in [0.15, 0.2) is 0 Å². The predicted octanol–water partition coefficient (Wildman–Crippen LogP) is 2.17. The first-order valence-corrected chi connectivity index (χ1v) is 7.96. The highest BCUT2D eigenvalue weighted by Crippen LogP contribution is 2.22. The van der Waals surface area contributed by atoms with Gasteiger partial charge in [-0.1, -0.05) is 20.8 Å². The van der Waals surface area contributed by atoms with Gasteiger partial charge >= 0.3 is 12.0 Å². The molecule has 110 valence electrons. The van der Waals surface area contributed by atoms with E-state index >= 15 is 0 Å². The number of nitrogens with zero attached hydrogens (tertiary/aromatic N) is 1. The van der Waals surface area contributed by atoms with Crippen LogP contribution in [0, 0.1) is 0 Å². The molecule has 1 fully saturated rings. The number of carbonyl (C=O) groups excluding carboxylic acids is 1. The van der Waals surface area contributed by atoms with Gasteiger partial charge in [0, 0.05) is 24.1 Å². The van der Waals surface area contributed by atoms with E-state index in [-0.39, 0.29) is 6.03 Å². The highest BCUT2D eigenvalue weighted by Gasteiger charge is 2.38. The second-order valence-corrected chi connectivity index (χ2v) is 6.28. The number of nitrogens with one attached hydrogen (secondary N) is 1. The van der Waals surface area contributed by atoms with Crippen LogP contribution < -0.4 is 5.32 Å². The number of aliphatic carboxylic acids is 1. The van der Waals surface area contributed by atoms with Gasteiger partial charge in [-0.15, -0.1) is 0 Å². The molecular weight excluding hydrogens is 264 g/mol. The van der Waals surface area contributed by atoms with Crippen LogP contribution in [0.5, 0.6) is 0 Å². The summed E-state index contributed by atoms with van der Waals surface area (Å²) < 4.78 is 0. The van der Waals surface area contributed by atoms with Gasteiger partial charge in [0.25, 0.3) is 0 Å². The van der Waals surface area contributed by atoms with Crippen molar-refractivity contribution in [2.24, 2.45) is 0 Å². The van der Waals surface area contributed by atoms with Crippen LogP contribution in [0.25, 0.3) is 0 Å². The molecule has 0 bridgehead atoms. The number of hydrogen-bond donors (Lipinski definition) is 2. The summed E-state index contributed by atoms with van der Waals surface area (Å²) in [6.45, 7) is 7.09. The lowest BCUT2D eigenvalue weighted by Gasteiger charge is -2.36. The monoisotopic (exact) mass is 288 g/mol. The topological polar surface area (TPSA) is 69.6 Å². The van der Waals surface area contributed by atoms with E-state index in [4.69, 9.17) is 0 Å². The zero-order valence-corrected chi connectivity index (χ0v) is 12.8. The maximum Gasteiger partial charge on any atom is 0.329 e. The Morgan fingerprint density at radius 1 is 1.37 bits per heavy atom. The number of hydrogen-bond acceptors (Lipinski definition) is 3. The van der Waals surface area contributed by atoms with Crippen molar-refractivity contribution < 1.29 is 14.7 Å². The van der Waals surface area contributed by atoms with E-state index in [9.17, 15) is 14.7 Å². The molecule has 1 unspecified atom stereocenters. The molecule has 19 heavy (non-hydrogen) atoms. The highest BCUT2D eigenvalue weighted by molar-refractivity contribution is 8.00. The van der Waals surface area contributed by atoms with E-state index in [2.05, 4.69) is 12.2 Å². The van der Waals surface area contributed by atoms with Gasteiger partial charge in [0.1, 0.15) is 5.54 Å². The molecule has 1 atom stereocenters. The summed E-state index contributed by atoms with van der Waals surface area (Å²) in [5, 5.41) is 12.5. The minimum Gasteiger partial charge on any atom is -0.480 e. The van der Waals surface area contributed by atoms with Crippen molar-refractivity contribution in [1.29, 1.82) is 0 Å². The molecule has 2 amide bonds. The lowest BCUT2D eigenvalue weighted by molar-refractivity contribution is -0.144. The molecule has 0 aromatic carbocycles. The van der Waals surface area contributed by atoms with Crippen LogP contribution in [0.3, 0.4) is 0 Å². The van der Waals surface area contributed by atoms with Gasteiger partial charge in [-0.2, -0.15) is 11.8 Å². The second-order valence-electron chi connectivity index (χ2n) is 4.87. The maximum atomic E-state index is 12.2. The third kappa shape index (κ3) is 3.78. The summed E-state index contributed by atoms with van der Waals surface area (Å²) in [6, 6.07) is -0.246. The maximum absolute atomic E-state index is 12.2. The van der Waals surface area contributed by atoms with Crippen LogP contribution in [0.15, 0.2) is 0 Å². The van der Waals surface area contributed by atoms with Crippen LogP contribution in [0.4, 0.5) is 4.79 Å². The van der Waals surface area contributed by atoms with Crippen LogP contribution >= 0.6 is 11.8 Å². The fraction of sp³-hybridized carbons (Fsp3) is 0.846. The largest absolute Gasteiger partial charge is 0.480 e. The van der Waals surface area contributed by atoms with Gasteiger partial charge in [0.05, 0.1) is 0 Å². The van der Waals surface area contributed by atoms with Crippen molar-refractivity contribution in [3.63, 3.8) is 0 Å². The molecule has 0 spiro atoms. The number of carbonyl (C=O) groups is 2. The molecule has 0 aliphatic carbocycles. The third-order valence-electron chi connectivity index (χ3n) is 3.84. The fourth-order valence-electron chi connectivity index (χ4n) is 2.22. The first-order chi connectivity index (χ1) is 8.99. The Hall–Kier alpha value is -0.910. The molecule has 1 heterocycles. The van der Waals surface area contributed by atoms with E-state index in [1.54, 1.807) is 18.7 Å². The van der Waals surface area contributed by atoms with Crippen molar-refractivity contribution in [3.05, 3.63) is 0 Å². The average Bonchev–Trinajstić information content (AvgIpc) is 2.44. The number of amides is 2. The van der Waals surface area contributed by atoms with Gasteiger partial charge in [0.2, 0.25) is 0 Å². The summed E-state index contributed by atoms with van der Waals surface area (Å²) in [6.07, 6.45) is 1.81. The molecular formula is C13H24N2O3S. The molecule has 6 heteroatoms. The van der Waals surface area contributed by atoms with E-state index in [1.165, 1.54) is 0 Å². The molecule has 1 rings (SSSR count). The normalized spacial score (nSPS) is 20.2. The number of urea groups is 1. The van der Waals surface area contributed by atoms with E-state index in [0.717, 1.165) is 12.2 Å². The fourth-order valence-corrected chi connectivity index (χ4v) is 3.40. The second kappa shape index (κ2) is 7.03. The SMILES string of the molecule is CCC1CN(C(=O)NC(CC)(CC)C(=O)O)CCS1. The number of carboxylic acid groups (broad SMARTS) is 1. The summed E-state index contributed by atoms with van der Waals surface area (Å²) in [5.74, 6) is -0.0335. The van der Waals surface area contributed by atoms with Gasteiger partial charge in [-0.25, -0.2) is 9.59 Å². The minimum atomic E-state index is -1.14. The quantitative estimate of drug-likeness (QED) is 0.813. The summed E-state index contributed by atoms with van der Waals surface area (Å²) in [5.41, 5.74) is -1.14. The molecule has 0 saturated carbocycles. The first-order valence-electron chi connectivity index (χ1n) is 6.91. The summed E-state index contributed by atoms with van der Waals surface area (Å²) in [7, 11) is 0. The van der Waals surface area contributed by atoms with E-state index in [0.29, 0.717) is 31.2 Å². The van der Waals surface area contributed by atoms with Crippen molar-refractivity contribution in [2.45, 2.75) is 50.8 Å². The molecule has 1 aliphatic rings. The zero-order valence-electron chi connectivity index (χ0n) is 11.9. The van der Waals surface area contributed by atoms with Gasteiger partial charge < -0.3 is 15.3 Å². The molecule has 1 aliphatic heterocycles. The number of thioether (sulfide) groups is 1. The third-order valence-corrected chi connectivity index (χ3v) is 5.22. The Balaban J connectivity index is 2.69. The van der Waals surface area contributed by atoms with Crippen LogP contribution in [0.2, 0.25) is 0 Å². The Morgan fingerprint density at radius 2 is 2.00 bits per heavy atom. The predicted molar refractivity (Wildman–Crippen MR) is 77.6 cm³/mol. The number of carboxylic acids is 1. The van der Waals surface area contributed by atoms with Crippen LogP contribution in [0.1, 0.15) is 40.0 Å². The van der Waals surface area contributed by atoms with Gasteiger partial charge in [-0.3, -0.25) is 0 Å². The Labute approximate surface area is 119 Å². The molecule has 0 radical (unpaired) electrons. The standard InChI is InChI=1S/C13H24N2O3S/c1-4-10-9-15(7-8-19-10)12(18)14-13(5-2,6-3)11(16)17/h10H,4-9H2,1-3H3,(H,14,18)(H,16,17). The Morgan fingerprint density at radius 3 is 2.47 bits per heavy atom.